The summed E-state index contributed by atoms with van der Waals surface area (Å²) in [7, 11) is 0. The van der Waals surface area contributed by atoms with Crippen molar-refractivity contribution in [2.75, 3.05) is 0 Å². The lowest BCUT2D eigenvalue weighted by atomic mass is 10.0. The minimum atomic E-state index is -0.294. The zero-order chi connectivity index (χ0) is 12.7. The second-order valence-corrected chi connectivity index (χ2v) is 5.72. The zero-order valence-electron chi connectivity index (χ0n) is 10.0. The van der Waals surface area contributed by atoms with Gasteiger partial charge in [0.1, 0.15) is 11.6 Å². The second-order valence-electron chi connectivity index (χ2n) is 5.28. The summed E-state index contributed by atoms with van der Waals surface area (Å²) in [6, 6.07) is 5.35. The molecule has 1 aromatic rings. The van der Waals surface area contributed by atoms with Crippen LogP contribution in [0.5, 0.6) is 0 Å². The van der Waals surface area contributed by atoms with Crippen molar-refractivity contribution in [1.82, 2.24) is 4.90 Å². The summed E-state index contributed by atoms with van der Waals surface area (Å²) in [6.07, 6.45) is 3.47. The molecule has 2 aliphatic rings. The van der Waals surface area contributed by atoms with Gasteiger partial charge in [-0.1, -0.05) is 11.6 Å². The average Bonchev–Trinajstić information content (AvgIpc) is 2.53. The number of carbonyl (C=O) groups excluding carboxylic acids is 1. The van der Waals surface area contributed by atoms with Crippen LogP contribution in [0.1, 0.15) is 31.2 Å². The fourth-order valence-electron chi connectivity index (χ4n) is 3.23. The molecule has 2 nitrogen and oxygen atoms in total. The molecule has 0 amide bonds. The third-order valence-electron chi connectivity index (χ3n) is 3.99. The maximum absolute atomic E-state index is 13.3. The monoisotopic (exact) mass is 267 g/mol. The molecule has 3 rings (SSSR count). The van der Waals surface area contributed by atoms with Gasteiger partial charge in [0.15, 0.2) is 0 Å². The van der Waals surface area contributed by atoms with E-state index in [2.05, 4.69) is 4.90 Å². The molecule has 2 heterocycles. The molecule has 0 aliphatic carbocycles. The summed E-state index contributed by atoms with van der Waals surface area (Å²) >= 11 is 5.87. The van der Waals surface area contributed by atoms with E-state index in [-0.39, 0.29) is 5.82 Å². The lowest BCUT2D eigenvalue weighted by Gasteiger charge is -2.34. The van der Waals surface area contributed by atoms with Crippen molar-refractivity contribution < 1.29 is 9.18 Å². The molecular weight excluding hydrogens is 253 g/mol. The Balaban J connectivity index is 1.79. The van der Waals surface area contributed by atoms with Gasteiger partial charge >= 0.3 is 0 Å². The van der Waals surface area contributed by atoms with Gasteiger partial charge in [0, 0.05) is 36.5 Å². The number of hydrogen-bond donors (Lipinski definition) is 0. The van der Waals surface area contributed by atoms with Gasteiger partial charge in [-0.25, -0.2) is 4.39 Å². The first-order valence-corrected chi connectivity index (χ1v) is 6.72. The van der Waals surface area contributed by atoms with Crippen LogP contribution in [0.2, 0.25) is 5.02 Å². The Labute approximate surface area is 111 Å². The van der Waals surface area contributed by atoms with E-state index < -0.39 is 0 Å². The molecule has 4 heteroatoms. The first-order valence-electron chi connectivity index (χ1n) is 6.34. The fraction of sp³-hybridized carbons (Fsp3) is 0.500. The van der Waals surface area contributed by atoms with Gasteiger partial charge in [-0.2, -0.15) is 0 Å². The summed E-state index contributed by atoms with van der Waals surface area (Å²) < 4.78 is 13.3. The van der Waals surface area contributed by atoms with Crippen LogP contribution in [0, 0.1) is 5.82 Å². The molecule has 2 unspecified atom stereocenters. The highest BCUT2D eigenvalue weighted by Crippen LogP contribution is 2.35. The van der Waals surface area contributed by atoms with E-state index in [1.807, 2.05) is 0 Å². The summed E-state index contributed by atoms with van der Waals surface area (Å²) in [5.41, 5.74) is 0.895. The predicted molar refractivity (Wildman–Crippen MR) is 68.0 cm³/mol. The Hall–Kier alpha value is -0.930. The van der Waals surface area contributed by atoms with Gasteiger partial charge < -0.3 is 0 Å². The van der Waals surface area contributed by atoms with E-state index in [1.54, 1.807) is 6.07 Å². The largest absolute Gasteiger partial charge is 0.300 e. The van der Waals surface area contributed by atoms with Gasteiger partial charge in [0.2, 0.25) is 0 Å². The third kappa shape index (κ3) is 2.29. The summed E-state index contributed by atoms with van der Waals surface area (Å²) in [4.78, 5) is 13.9. The predicted octanol–water partition coefficient (Wildman–Crippen LogP) is 3.18. The van der Waals surface area contributed by atoms with E-state index >= 15 is 0 Å². The lowest BCUT2D eigenvalue weighted by Crippen LogP contribution is -2.42. The van der Waals surface area contributed by atoms with E-state index in [1.165, 1.54) is 12.1 Å². The van der Waals surface area contributed by atoms with E-state index in [9.17, 15) is 9.18 Å². The third-order valence-corrected chi connectivity index (χ3v) is 4.20. The Bertz CT molecular complexity index is 454. The van der Waals surface area contributed by atoms with Crippen molar-refractivity contribution in [1.29, 1.82) is 0 Å². The number of carbonyl (C=O) groups is 1. The zero-order valence-corrected chi connectivity index (χ0v) is 10.8. The molecule has 2 saturated heterocycles. The molecule has 2 atom stereocenters. The van der Waals surface area contributed by atoms with Crippen LogP contribution in [-0.4, -0.2) is 22.8 Å². The molecule has 2 aliphatic heterocycles. The molecule has 18 heavy (non-hydrogen) atoms. The molecule has 2 bridgehead atoms. The number of ketones is 1. The highest BCUT2D eigenvalue weighted by atomic mass is 35.5. The normalized spacial score (nSPS) is 27.8. The van der Waals surface area contributed by atoms with E-state index in [0.29, 0.717) is 42.3 Å². The quantitative estimate of drug-likeness (QED) is 0.820. The SMILES string of the molecule is O=C1CC2CCC(C1)N2Cc1cc(F)cc(Cl)c1. The molecule has 0 aromatic heterocycles. The van der Waals surface area contributed by atoms with E-state index in [4.69, 9.17) is 11.6 Å². The van der Waals surface area contributed by atoms with Crippen LogP contribution in [0.25, 0.3) is 0 Å². The number of rotatable bonds is 2. The molecular formula is C14H15ClFNO. The standard InChI is InChI=1S/C14H15ClFNO/c15-10-3-9(4-11(16)5-10)8-17-12-1-2-13(17)7-14(18)6-12/h3-5,12-13H,1-2,6-8H2. The minimum Gasteiger partial charge on any atom is -0.300 e. The molecule has 2 fully saturated rings. The maximum Gasteiger partial charge on any atom is 0.136 e. The minimum absolute atomic E-state index is 0.294. The number of fused-ring (bicyclic) bond motifs is 2. The highest BCUT2D eigenvalue weighted by molar-refractivity contribution is 6.30. The van der Waals surface area contributed by atoms with Crippen molar-refractivity contribution in [3.8, 4) is 0 Å². The summed E-state index contributed by atoms with van der Waals surface area (Å²) in [6.45, 7) is 0.695. The Morgan fingerprint density at radius 1 is 1.22 bits per heavy atom. The maximum atomic E-state index is 13.3. The number of nitrogens with zero attached hydrogens (tertiary/aromatic N) is 1. The number of piperidine rings is 1. The van der Waals surface area contributed by atoms with Gasteiger partial charge in [-0.15, -0.1) is 0 Å². The van der Waals surface area contributed by atoms with Gasteiger partial charge in [-0.3, -0.25) is 9.69 Å². The molecule has 0 spiro atoms. The topological polar surface area (TPSA) is 20.3 Å². The van der Waals surface area contributed by atoms with Crippen molar-refractivity contribution in [3.05, 3.63) is 34.6 Å². The number of halogens is 2. The Morgan fingerprint density at radius 3 is 2.50 bits per heavy atom. The molecule has 1 aromatic carbocycles. The van der Waals surface area contributed by atoms with E-state index in [0.717, 1.165) is 18.4 Å². The first-order chi connectivity index (χ1) is 8.61. The lowest BCUT2D eigenvalue weighted by molar-refractivity contribution is -0.123. The Kier molecular flexibility index (Phi) is 3.12. The second kappa shape index (κ2) is 4.63. The van der Waals surface area contributed by atoms with Crippen LogP contribution in [0.3, 0.4) is 0 Å². The van der Waals surface area contributed by atoms with Crippen molar-refractivity contribution in [2.45, 2.75) is 44.3 Å². The smallest absolute Gasteiger partial charge is 0.136 e. The van der Waals surface area contributed by atoms with Gasteiger partial charge in [-0.05, 0) is 36.6 Å². The average molecular weight is 268 g/mol. The first kappa shape index (κ1) is 12.1. The van der Waals surface area contributed by atoms with Crippen molar-refractivity contribution in [2.24, 2.45) is 0 Å². The summed E-state index contributed by atoms with van der Waals surface area (Å²) in [5, 5.41) is 0.436. The molecule has 96 valence electrons. The van der Waals surface area contributed by atoms with Crippen LogP contribution >= 0.6 is 11.6 Å². The Morgan fingerprint density at radius 2 is 1.89 bits per heavy atom. The van der Waals surface area contributed by atoms with Crippen molar-refractivity contribution in [3.63, 3.8) is 0 Å². The summed E-state index contributed by atoms with van der Waals surface area (Å²) in [5.74, 6) is 0.0777. The number of benzene rings is 1. The van der Waals surface area contributed by atoms with Crippen LogP contribution in [0.4, 0.5) is 4.39 Å². The number of Topliss-reactive ketones (excluding diaryl/α,β-unsaturated/α-hetero) is 1. The van der Waals surface area contributed by atoms with Crippen LogP contribution in [-0.2, 0) is 11.3 Å². The van der Waals surface area contributed by atoms with Gasteiger partial charge in [0.25, 0.3) is 0 Å². The molecule has 0 radical (unpaired) electrons. The van der Waals surface area contributed by atoms with Crippen molar-refractivity contribution >= 4 is 17.4 Å². The van der Waals surface area contributed by atoms with Crippen LogP contribution in [0.15, 0.2) is 18.2 Å². The van der Waals surface area contributed by atoms with Gasteiger partial charge in [0.05, 0.1) is 0 Å². The number of hydrogen-bond acceptors (Lipinski definition) is 2. The fourth-order valence-corrected chi connectivity index (χ4v) is 3.48. The molecule has 0 N–H and O–H groups in total. The van der Waals surface area contributed by atoms with Crippen LogP contribution < -0.4 is 0 Å². The molecule has 0 saturated carbocycles. The highest BCUT2D eigenvalue weighted by Gasteiger charge is 2.39.